The highest BCUT2D eigenvalue weighted by Crippen LogP contribution is 2.34. The highest BCUT2D eigenvalue weighted by molar-refractivity contribution is 9.10. The van der Waals surface area contributed by atoms with Crippen LogP contribution in [-0.2, 0) is 4.74 Å². The molecule has 138 valence electrons. The summed E-state index contributed by atoms with van der Waals surface area (Å²) in [7, 11) is 0. The molecule has 1 aromatic heterocycles. The Morgan fingerprint density at radius 3 is 2.73 bits per heavy atom. The molecule has 2 saturated heterocycles. The van der Waals surface area contributed by atoms with Crippen molar-refractivity contribution < 1.29 is 19.0 Å². The van der Waals surface area contributed by atoms with Crippen molar-refractivity contribution in [1.82, 2.24) is 10.3 Å². The molecule has 1 aromatic carbocycles. The second kappa shape index (κ2) is 7.20. The quantitative estimate of drug-likeness (QED) is 0.298. The number of nitrogens with zero attached hydrogens (tertiary/aromatic N) is 3. The van der Waals surface area contributed by atoms with Crippen LogP contribution in [-0.4, -0.2) is 39.6 Å². The van der Waals surface area contributed by atoms with Gasteiger partial charge in [-0.2, -0.15) is 0 Å². The summed E-state index contributed by atoms with van der Waals surface area (Å²) in [6.07, 6.45) is 4.47. The van der Waals surface area contributed by atoms with Crippen molar-refractivity contribution in [1.29, 1.82) is 0 Å². The Labute approximate surface area is 156 Å². The van der Waals surface area contributed by atoms with E-state index in [1.807, 2.05) is 0 Å². The van der Waals surface area contributed by atoms with Gasteiger partial charge in [0.15, 0.2) is 5.69 Å². The number of halogens is 2. The third kappa shape index (κ3) is 3.51. The Morgan fingerprint density at radius 1 is 1.27 bits per heavy atom. The van der Waals surface area contributed by atoms with Crippen LogP contribution in [0.2, 0.25) is 0 Å². The van der Waals surface area contributed by atoms with E-state index in [1.54, 1.807) is 0 Å². The van der Waals surface area contributed by atoms with E-state index in [-0.39, 0.29) is 34.3 Å². The molecule has 0 amide bonds. The van der Waals surface area contributed by atoms with Crippen LogP contribution in [0.3, 0.4) is 0 Å². The van der Waals surface area contributed by atoms with Gasteiger partial charge in [-0.1, -0.05) is 5.16 Å². The lowest BCUT2D eigenvalue weighted by molar-refractivity contribution is 0.000614. The normalized spacial score (nSPS) is 25.3. The standard InChI is InChI=1S/C16H17BrFN5O3/c17-12-7-8(1-4-13(12)18)19-15(21-24)14-16(23-26-22-14)20-9-5-10-2-3-11(6-9)25-10/h1,4,7,9-11,24H,2-3,5-6H2,(H,19,21)(H,20,23). The predicted molar refractivity (Wildman–Crippen MR) is 94.9 cm³/mol. The molecule has 26 heavy (non-hydrogen) atoms. The van der Waals surface area contributed by atoms with E-state index in [9.17, 15) is 9.60 Å². The molecule has 3 heterocycles. The number of hydrogen-bond acceptors (Lipinski definition) is 7. The zero-order chi connectivity index (χ0) is 18.1. The second-order valence-corrected chi connectivity index (χ2v) is 7.29. The lowest BCUT2D eigenvalue weighted by Gasteiger charge is -2.28. The minimum absolute atomic E-state index is 0.0438. The molecule has 2 aliphatic rings. The molecule has 2 fully saturated rings. The molecule has 4 rings (SSSR count). The molecule has 10 heteroatoms. The third-order valence-electron chi connectivity index (χ3n) is 4.63. The van der Waals surface area contributed by atoms with E-state index in [4.69, 9.17) is 9.37 Å². The summed E-state index contributed by atoms with van der Waals surface area (Å²) in [6.45, 7) is 0. The largest absolute Gasteiger partial charge is 0.409 e. The third-order valence-corrected chi connectivity index (χ3v) is 5.23. The van der Waals surface area contributed by atoms with Crippen molar-refractivity contribution in [2.75, 3.05) is 10.6 Å². The number of rotatable bonds is 4. The number of ether oxygens (including phenoxy) is 1. The summed E-state index contributed by atoms with van der Waals surface area (Å²) in [4.78, 5) is 0. The lowest BCUT2D eigenvalue weighted by Crippen LogP contribution is -2.34. The first kappa shape index (κ1) is 17.2. The topological polar surface area (TPSA) is 105 Å². The number of hydrogen-bond donors (Lipinski definition) is 3. The molecular weight excluding hydrogens is 409 g/mol. The van der Waals surface area contributed by atoms with E-state index in [0.29, 0.717) is 11.5 Å². The summed E-state index contributed by atoms with van der Waals surface area (Å²) in [5, 5.41) is 26.5. The van der Waals surface area contributed by atoms with Gasteiger partial charge in [0, 0.05) is 11.7 Å². The molecule has 0 radical (unpaired) electrons. The Bertz CT molecular complexity index is 818. The Hall–Kier alpha value is -2.20. The molecule has 0 saturated carbocycles. The predicted octanol–water partition coefficient (Wildman–Crippen LogP) is 3.34. The first-order valence-electron chi connectivity index (χ1n) is 8.31. The van der Waals surface area contributed by atoms with Crippen LogP contribution in [0.4, 0.5) is 15.9 Å². The lowest BCUT2D eigenvalue weighted by atomic mass is 10.0. The molecule has 8 nitrogen and oxygen atoms in total. The van der Waals surface area contributed by atoms with Gasteiger partial charge in [0.1, 0.15) is 5.82 Å². The van der Waals surface area contributed by atoms with Gasteiger partial charge < -0.3 is 20.6 Å². The van der Waals surface area contributed by atoms with Crippen LogP contribution in [0.5, 0.6) is 0 Å². The van der Waals surface area contributed by atoms with Crippen molar-refractivity contribution in [3.63, 3.8) is 0 Å². The van der Waals surface area contributed by atoms with Crippen molar-refractivity contribution >= 4 is 33.3 Å². The average molecular weight is 426 g/mol. The van der Waals surface area contributed by atoms with Crippen LogP contribution >= 0.6 is 15.9 Å². The number of amidine groups is 1. The Kier molecular flexibility index (Phi) is 4.77. The Morgan fingerprint density at radius 2 is 2.04 bits per heavy atom. The van der Waals surface area contributed by atoms with Crippen molar-refractivity contribution in [2.24, 2.45) is 5.16 Å². The van der Waals surface area contributed by atoms with Crippen LogP contribution in [0.25, 0.3) is 0 Å². The molecule has 2 aromatic rings. The van der Waals surface area contributed by atoms with E-state index in [0.717, 1.165) is 25.7 Å². The first-order chi connectivity index (χ1) is 12.6. The highest BCUT2D eigenvalue weighted by Gasteiger charge is 2.35. The molecule has 3 N–H and O–H groups in total. The minimum Gasteiger partial charge on any atom is -0.409 e. The summed E-state index contributed by atoms with van der Waals surface area (Å²) in [5.74, 6) is 0.0395. The van der Waals surface area contributed by atoms with Gasteiger partial charge in [0.2, 0.25) is 11.7 Å². The zero-order valence-corrected chi connectivity index (χ0v) is 15.2. The van der Waals surface area contributed by atoms with Crippen LogP contribution in [0.1, 0.15) is 31.4 Å². The maximum atomic E-state index is 13.4. The number of fused-ring (bicyclic) bond motifs is 2. The fraction of sp³-hybridized carbons (Fsp3) is 0.438. The number of anilines is 2. The summed E-state index contributed by atoms with van der Waals surface area (Å²) in [5.41, 5.74) is 0.760. The van der Waals surface area contributed by atoms with E-state index < -0.39 is 5.82 Å². The molecule has 0 aliphatic carbocycles. The average Bonchev–Trinajstić information content (AvgIpc) is 3.22. The smallest absolute Gasteiger partial charge is 0.203 e. The minimum atomic E-state index is -0.391. The van der Waals surface area contributed by atoms with Crippen molar-refractivity contribution in [2.45, 2.75) is 43.9 Å². The maximum absolute atomic E-state index is 13.4. The summed E-state index contributed by atoms with van der Waals surface area (Å²) < 4.78 is 24.3. The molecular formula is C16H17BrFN5O3. The van der Waals surface area contributed by atoms with E-state index in [2.05, 4.69) is 42.0 Å². The van der Waals surface area contributed by atoms with Crippen LogP contribution in [0.15, 0.2) is 32.5 Å². The summed E-state index contributed by atoms with van der Waals surface area (Å²) in [6, 6.07) is 4.52. The van der Waals surface area contributed by atoms with Gasteiger partial charge in [0.25, 0.3) is 0 Å². The van der Waals surface area contributed by atoms with Crippen molar-refractivity contribution in [3.8, 4) is 0 Å². The van der Waals surface area contributed by atoms with E-state index >= 15 is 0 Å². The van der Waals surface area contributed by atoms with Crippen molar-refractivity contribution in [3.05, 3.63) is 34.2 Å². The fourth-order valence-electron chi connectivity index (χ4n) is 3.45. The van der Waals surface area contributed by atoms with E-state index in [1.165, 1.54) is 18.2 Å². The maximum Gasteiger partial charge on any atom is 0.203 e. The molecule has 2 atom stereocenters. The fourth-order valence-corrected chi connectivity index (χ4v) is 3.83. The van der Waals surface area contributed by atoms with Gasteiger partial charge in [0.05, 0.1) is 16.7 Å². The number of aromatic nitrogens is 2. The van der Waals surface area contributed by atoms with Crippen LogP contribution in [0, 0.1) is 5.82 Å². The van der Waals surface area contributed by atoms with Gasteiger partial charge in [-0.3, -0.25) is 0 Å². The van der Waals surface area contributed by atoms with Crippen LogP contribution < -0.4 is 10.6 Å². The molecule has 0 spiro atoms. The van der Waals surface area contributed by atoms with Gasteiger partial charge in [-0.15, -0.1) is 0 Å². The monoisotopic (exact) mass is 425 g/mol. The zero-order valence-electron chi connectivity index (χ0n) is 13.7. The van der Waals surface area contributed by atoms with Gasteiger partial charge in [-0.25, -0.2) is 9.02 Å². The molecule has 2 unspecified atom stereocenters. The second-order valence-electron chi connectivity index (χ2n) is 6.43. The SMILES string of the molecule is ON=C(Nc1ccc(F)c(Br)c1)c1nonc1NC1CC2CCC(C1)O2. The Balaban J connectivity index is 1.50. The summed E-state index contributed by atoms with van der Waals surface area (Å²) >= 11 is 3.12. The number of oxime groups is 1. The highest BCUT2D eigenvalue weighted by atomic mass is 79.9. The van der Waals surface area contributed by atoms with Gasteiger partial charge >= 0.3 is 0 Å². The number of nitrogens with one attached hydrogen (secondary N) is 2. The first-order valence-corrected chi connectivity index (χ1v) is 9.10. The number of benzene rings is 1. The molecule has 2 bridgehead atoms. The molecule has 2 aliphatic heterocycles. The van der Waals surface area contributed by atoms with Gasteiger partial charge in [-0.05, 0) is 70.1 Å².